The van der Waals surface area contributed by atoms with Gasteiger partial charge < -0.3 is 16.6 Å². The molecule has 0 heterocycles. The van der Waals surface area contributed by atoms with Crippen LogP contribution >= 0.6 is 23.2 Å². The van der Waals surface area contributed by atoms with E-state index >= 15 is 0 Å². The summed E-state index contributed by atoms with van der Waals surface area (Å²) in [5.74, 6) is -3.02. The average Bonchev–Trinajstić information content (AvgIpc) is 2.93. The summed E-state index contributed by atoms with van der Waals surface area (Å²) in [6, 6.07) is 20.9. The van der Waals surface area contributed by atoms with Crippen LogP contribution < -0.4 is 21.9 Å². The van der Waals surface area contributed by atoms with Gasteiger partial charge in [0.1, 0.15) is 12.5 Å². The van der Waals surface area contributed by atoms with E-state index in [1.807, 2.05) is 42.5 Å². The standard InChI is InChI=1S/C28H30Cl2N6O4/c29-22-13-8-18(15-23(22)30)17-34-36(21-11-9-20(10-12-21)19-5-2-1-3-6-19)26(38)16-25(37)35(28(32)33)14-4-7-24(31)27(39)40/h1-3,5-6,8-13,15,24,34H,4,7,14,16-17,31H2,(H3,32,33)(H,39,40). The molecule has 210 valence electrons. The Balaban J connectivity index is 1.78. The Bertz CT molecular complexity index is 1350. The van der Waals surface area contributed by atoms with Crippen LogP contribution in [0.3, 0.4) is 0 Å². The number of carbonyl (C=O) groups is 3. The number of guanidine groups is 1. The van der Waals surface area contributed by atoms with Crippen LogP contribution in [-0.4, -0.2) is 46.3 Å². The van der Waals surface area contributed by atoms with Gasteiger partial charge in [-0.2, -0.15) is 0 Å². The number of hydrogen-bond donors (Lipinski definition) is 5. The second-order valence-electron chi connectivity index (χ2n) is 8.92. The van der Waals surface area contributed by atoms with Crippen molar-refractivity contribution in [1.29, 1.82) is 5.41 Å². The molecule has 0 fully saturated rings. The predicted molar refractivity (Wildman–Crippen MR) is 156 cm³/mol. The van der Waals surface area contributed by atoms with Gasteiger partial charge in [-0.1, -0.05) is 71.7 Å². The molecule has 0 aliphatic heterocycles. The Morgan fingerprint density at radius 2 is 1.57 bits per heavy atom. The maximum atomic E-state index is 13.4. The Labute approximate surface area is 241 Å². The van der Waals surface area contributed by atoms with E-state index in [0.717, 1.165) is 21.6 Å². The molecule has 0 aromatic heterocycles. The van der Waals surface area contributed by atoms with Crippen LogP contribution in [0.5, 0.6) is 0 Å². The smallest absolute Gasteiger partial charge is 0.320 e. The zero-order valence-corrected chi connectivity index (χ0v) is 23.0. The number of hydrogen-bond acceptors (Lipinski definition) is 6. The van der Waals surface area contributed by atoms with Gasteiger partial charge in [0.25, 0.3) is 5.91 Å². The number of anilines is 1. The lowest BCUT2D eigenvalue weighted by atomic mass is 10.1. The molecular weight excluding hydrogens is 555 g/mol. The van der Waals surface area contributed by atoms with E-state index in [1.54, 1.807) is 30.3 Å². The van der Waals surface area contributed by atoms with E-state index in [4.69, 9.17) is 45.2 Å². The average molecular weight is 585 g/mol. The topological polar surface area (TPSA) is 166 Å². The minimum atomic E-state index is -1.17. The minimum Gasteiger partial charge on any atom is -0.480 e. The second-order valence-corrected chi connectivity index (χ2v) is 9.73. The fourth-order valence-corrected chi connectivity index (χ4v) is 4.17. The third-order valence-electron chi connectivity index (χ3n) is 6.02. The summed E-state index contributed by atoms with van der Waals surface area (Å²) in [5.41, 5.74) is 17.3. The van der Waals surface area contributed by atoms with Gasteiger partial charge in [-0.3, -0.25) is 24.7 Å². The van der Waals surface area contributed by atoms with E-state index in [1.165, 1.54) is 5.01 Å². The van der Waals surface area contributed by atoms with Crippen molar-refractivity contribution in [3.63, 3.8) is 0 Å². The summed E-state index contributed by atoms with van der Waals surface area (Å²) in [4.78, 5) is 38.3. The van der Waals surface area contributed by atoms with E-state index < -0.39 is 36.2 Å². The summed E-state index contributed by atoms with van der Waals surface area (Å²) in [6.45, 7) is 0.145. The van der Waals surface area contributed by atoms with Crippen molar-refractivity contribution in [2.75, 3.05) is 11.6 Å². The van der Waals surface area contributed by atoms with Crippen molar-refractivity contribution in [2.24, 2.45) is 11.5 Å². The molecule has 0 aliphatic carbocycles. The molecule has 1 atom stereocenters. The first kappa shape index (κ1) is 30.6. The molecule has 3 rings (SSSR count). The first-order valence-electron chi connectivity index (χ1n) is 12.4. The van der Waals surface area contributed by atoms with Crippen molar-refractivity contribution in [2.45, 2.75) is 31.8 Å². The summed E-state index contributed by atoms with van der Waals surface area (Å²) in [7, 11) is 0. The number of carbonyl (C=O) groups excluding carboxylic acids is 2. The van der Waals surface area contributed by atoms with Gasteiger partial charge in [-0.15, -0.1) is 0 Å². The van der Waals surface area contributed by atoms with Crippen LogP contribution in [0.2, 0.25) is 10.0 Å². The fourth-order valence-electron chi connectivity index (χ4n) is 3.85. The molecule has 2 amide bonds. The number of carboxylic acids is 1. The van der Waals surface area contributed by atoms with Gasteiger partial charge in [0.05, 0.1) is 15.7 Å². The predicted octanol–water partition coefficient (Wildman–Crippen LogP) is 4.00. The third-order valence-corrected chi connectivity index (χ3v) is 6.75. The zero-order valence-electron chi connectivity index (χ0n) is 21.5. The van der Waals surface area contributed by atoms with Gasteiger partial charge in [0, 0.05) is 13.1 Å². The number of amides is 2. The lowest BCUT2D eigenvalue weighted by molar-refractivity contribution is -0.138. The highest BCUT2D eigenvalue weighted by molar-refractivity contribution is 6.42. The highest BCUT2D eigenvalue weighted by atomic mass is 35.5. The van der Waals surface area contributed by atoms with Gasteiger partial charge in [-0.05, 0) is 53.8 Å². The lowest BCUT2D eigenvalue weighted by Gasteiger charge is -2.26. The number of aliphatic carboxylic acids is 1. The minimum absolute atomic E-state index is 0.0507. The van der Waals surface area contributed by atoms with Gasteiger partial charge >= 0.3 is 5.97 Å². The summed E-state index contributed by atoms with van der Waals surface area (Å²) in [6.07, 6.45) is -0.335. The molecule has 10 nitrogen and oxygen atoms in total. The largest absolute Gasteiger partial charge is 0.480 e. The first-order chi connectivity index (χ1) is 19.1. The summed E-state index contributed by atoms with van der Waals surface area (Å²) >= 11 is 12.1. The Kier molecular flexibility index (Phi) is 11.0. The number of benzene rings is 3. The highest BCUT2D eigenvalue weighted by Crippen LogP contribution is 2.25. The monoisotopic (exact) mass is 584 g/mol. The number of nitrogens with one attached hydrogen (secondary N) is 2. The van der Waals surface area contributed by atoms with E-state index in [2.05, 4.69) is 5.43 Å². The Morgan fingerprint density at radius 1 is 0.925 bits per heavy atom. The van der Waals surface area contributed by atoms with Gasteiger partial charge in [0.15, 0.2) is 5.96 Å². The molecule has 12 heteroatoms. The number of nitrogens with two attached hydrogens (primary N) is 2. The van der Waals surface area contributed by atoms with Crippen LogP contribution in [0.1, 0.15) is 24.8 Å². The number of rotatable bonds is 12. The number of carboxylic acid groups (broad SMARTS) is 1. The van der Waals surface area contributed by atoms with E-state index in [0.29, 0.717) is 15.7 Å². The third kappa shape index (κ3) is 8.52. The van der Waals surface area contributed by atoms with Gasteiger partial charge in [-0.25, -0.2) is 10.4 Å². The van der Waals surface area contributed by atoms with Crippen molar-refractivity contribution >= 4 is 52.6 Å². The molecule has 3 aromatic carbocycles. The van der Waals surface area contributed by atoms with Crippen molar-refractivity contribution < 1.29 is 19.5 Å². The zero-order chi connectivity index (χ0) is 29.2. The van der Waals surface area contributed by atoms with E-state index in [-0.39, 0.29) is 25.9 Å². The van der Waals surface area contributed by atoms with Crippen LogP contribution in [0.25, 0.3) is 11.1 Å². The highest BCUT2D eigenvalue weighted by Gasteiger charge is 2.25. The van der Waals surface area contributed by atoms with E-state index in [9.17, 15) is 14.4 Å². The molecule has 3 aromatic rings. The van der Waals surface area contributed by atoms with Crippen molar-refractivity contribution in [3.05, 3.63) is 88.4 Å². The van der Waals surface area contributed by atoms with Crippen LogP contribution in [-0.2, 0) is 20.9 Å². The molecule has 0 aliphatic rings. The number of nitrogens with zero attached hydrogens (tertiary/aromatic N) is 2. The van der Waals surface area contributed by atoms with Crippen molar-refractivity contribution in [3.8, 4) is 11.1 Å². The molecular formula is C28H30Cl2N6O4. The molecule has 7 N–H and O–H groups in total. The van der Waals surface area contributed by atoms with Crippen LogP contribution in [0.4, 0.5) is 5.69 Å². The molecule has 1 unspecified atom stereocenters. The molecule has 0 saturated carbocycles. The normalized spacial score (nSPS) is 11.5. The number of halogens is 2. The SMILES string of the molecule is N=C(N)N(CCCC(N)C(=O)O)C(=O)CC(=O)N(NCc1ccc(Cl)c(Cl)c1)c1ccc(-c2ccccc2)cc1. The summed E-state index contributed by atoms with van der Waals surface area (Å²) in [5, 5.41) is 18.7. The second kappa shape index (κ2) is 14.4. The molecule has 0 radical (unpaired) electrons. The Morgan fingerprint density at radius 3 is 2.17 bits per heavy atom. The fraction of sp³-hybridized carbons (Fsp3) is 0.214. The Hall–Kier alpha value is -3.96. The molecule has 40 heavy (non-hydrogen) atoms. The molecule has 0 bridgehead atoms. The first-order valence-corrected chi connectivity index (χ1v) is 13.1. The number of hydrazine groups is 1. The van der Waals surface area contributed by atoms with Gasteiger partial charge in [0.2, 0.25) is 5.91 Å². The summed E-state index contributed by atoms with van der Waals surface area (Å²) < 4.78 is 0. The quantitative estimate of drug-likeness (QED) is 0.0927. The molecule has 0 spiro atoms. The van der Waals surface area contributed by atoms with Crippen molar-refractivity contribution in [1.82, 2.24) is 10.3 Å². The lowest BCUT2D eigenvalue weighted by Crippen LogP contribution is -2.48. The maximum absolute atomic E-state index is 13.4. The van der Waals surface area contributed by atoms with Crippen LogP contribution in [0.15, 0.2) is 72.8 Å². The maximum Gasteiger partial charge on any atom is 0.320 e. The molecule has 0 saturated heterocycles. The van der Waals surface area contributed by atoms with Crippen LogP contribution in [0, 0.1) is 5.41 Å².